The van der Waals surface area contributed by atoms with Gasteiger partial charge in [0, 0.05) is 44.3 Å². The smallest absolute Gasteiger partial charge is 0.254 e. The largest absolute Gasteiger partial charge is 0.491 e. The third kappa shape index (κ3) is 4.49. The van der Waals surface area contributed by atoms with Gasteiger partial charge in [-0.25, -0.2) is 0 Å². The van der Waals surface area contributed by atoms with Gasteiger partial charge in [0.15, 0.2) is 0 Å². The fourth-order valence-electron chi connectivity index (χ4n) is 4.43. The van der Waals surface area contributed by atoms with Gasteiger partial charge in [-0.15, -0.1) is 0 Å². The first kappa shape index (κ1) is 19.2. The molecule has 2 heterocycles. The zero-order chi connectivity index (χ0) is 19.3. The highest BCUT2D eigenvalue weighted by Gasteiger charge is 2.30. The summed E-state index contributed by atoms with van der Waals surface area (Å²) in [5.74, 6) is 1.21. The molecular weight excluding hydrogens is 356 g/mol. The van der Waals surface area contributed by atoms with E-state index in [-0.39, 0.29) is 23.8 Å². The van der Waals surface area contributed by atoms with Crippen molar-refractivity contribution in [2.24, 2.45) is 5.92 Å². The van der Waals surface area contributed by atoms with Crippen LogP contribution in [0.4, 0.5) is 0 Å². The molecular formula is C22H30N2O4. The number of carbonyl (C=O) groups is 2. The normalized spacial score (nSPS) is 23.2. The molecule has 6 heteroatoms. The van der Waals surface area contributed by atoms with Crippen LogP contribution in [0.3, 0.4) is 0 Å². The second-order valence-corrected chi connectivity index (χ2v) is 8.07. The van der Waals surface area contributed by atoms with Crippen LogP contribution in [0, 0.1) is 5.92 Å². The van der Waals surface area contributed by atoms with E-state index in [2.05, 4.69) is 0 Å². The van der Waals surface area contributed by atoms with E-state index in [9.17, 15) is 9.59 Å². The Morgan fingerprint density at radius 1 is 1.00 bits per heavy atom. The third-order valence-corrected chi connectivity index (χ3v) is 6.12. The molecule has 3 fully saturated rings. The lowest BCUT2D eigenvalue weighted by atomic mass is 10.1. The molecule has 3 aliphatic rings. The van der Waals surface area contributed by atoms with Gasteiger partial charge in [0.1, 0.15) is 12.4 Å². The van der Waals surface area contributed by atoms with Crippen LogP contribution in [0.2, 0.25) is 0 Å². The predicted octanol–water partition coefficient (Wildman–Crippen LogP) is 2.72. The number of rotatable bonds is 5. The molecule has 2 amide bonds. The minimum Gasteiger partial charge on any atom is -0.491 e. The van der Waals surface area contributed by atoms with Gasteiger partial charge < -0.3 is 19.3 Å². The second kappa shape index (κ2) is 8.95. The Hall–Kier alpha value is -2.08. The molecule has 0 aromatic heterocycles. The molecule has 152 valence electrons. The van der Waals surface area contributed by atoms with E-state index in [1.54, 1.807) is 0 Å². The Kier molecular flexibility index (Phi) is 6.15. The van der Waals surface area contributed by atoms with Crippen molar-refractivity contribution in [2.75, 3.05) is 39.4 Å². The highest BCUT2D eigenvalue weighted by Crippen LogP contribution is 2.27. The van der Waals surface area contributed by atoms with Crippen LogP contribution < -0.4 is 4.74 Å². The van der Waals surface area contributed by atoms with Crippen molar-refractivity contribution in [3.63, 3.8) is 0 Å². The lowest BCUT2D eigenvalue weighted by Gasteiger charge is -2.36. The zero-order valence-electron chi connectivity index (χ0n) is 16.5. The molecule has 6 nitrogen and oxygen atoms in total. The molecule has 0 bridgehead atoms. The van der Waals surface area contributed by atoms with Crippen molar-refractivity contribution >= 4 is 11.8 Å². The van der Waals surface area contributed by atoms with Crippen LogP contribution >= 0.6 is 0 Å². The van der Waals surface area contributed by atoms with Crippen LogP contribution in [0.25, 0.3) is 0 Å². The van der Waals surface area contributed by atoms with Gasteiger partial charge in [0.25, 0.3) is 5.91 Å². The Labute approximate surface area is 166 Å². The Morgan fingerprint density at radius 2 is 1.75 bits per heavy atom. The summed E-state index contributed by atoms with van der Waals surface area (Å²) in [4.78, 5) is 29.2. The van der Waals surface area contributed by atoms with Crippen molar-refractivity contribution < 1.29 is 19.1 Å². The number of nitrogens with zero attached hydrogens (tertiary/aromatic N) is 2. The number of hydrogen-bond donors (Lipinski definition) is 0. The van der Waals surface area contributed by atoms with Crippen LogP contribution in [0.5, 0.6) is 5.75 Å². The Balaban J connectivity index is 1.29. The van der Waals surface area contributed by atoms with E-state index in [1.807, 2.05) is 34.1 Å². The number of carbonyl (C=O) groups excluding carboxylic acids is 2. The molecule has 1 aromatic rings. The maximum Gasteiger partial charge on any atom is 0.254 e. The summed E-state index contributed by atoms with van der Waals surface area (Å²) >= 11 is 0. The maximum absolute atomic E-state index is 12.9. The fourth-order valence-corrected chi connectivity index (χ4v) is 4.43. The molecule has 28 heavy (non-hydrogen) atoms. The molecule has 1 aromatic carbocycles. The summed E-state index contributed by atoms with van der Waals surface area (Å²) < 4.78 is 11.4. The van der Waals surface area contributed by atoms with E-state index in [0.29, 0.717) is 44.1 Å². The number of amides is 2. The summed E-state index contributed by atoms with van der Waals surface area (Å²) in [7, 11) is 0. The summed E-state index contributed by atoms with van der Waals surface area (Å²) in [5, 5.41) is 0. The van der Waals surface area contributed by atoms with Crippen molar-refractivity contribution in [2.45, 2.75) is 44.6 Å². The van der Waals surface area contributed by atoms with Crippen LogP contribution in [-0.4, -0.2) is 67.1 Å². The topological polar surface area (TPSA) is 59.1 Å². The van der Waals surface area contributed by atoms with Crippen LogP contribution in [0.1, 0.15) is 48.9 Å². The summed E-state index contributed by atoms with van der Waals surface area (Å²) in [6.07, 6.45) is 6.66. The Morgan fingerprint density at radius 3 is 2.46 bits per heavy atom. The number of hydrogen-bond acceptors (Lipinski definition) is 4. The molecule has 2 aliphatic heterocycles. The van der Waals surface area contributed by atoms with E-state index in [4.69, 9.17) is 9.47 Å². The lowest BCUT2D eigenvalue weighted by molar-refractivity contribution is -0.136. The maximum atomic E-state index is 12.9. The number of ether oxygens (including phenoxy) is 2. The van der Waals surface area contributed by atoms with E-state index < -0.39 is 0 Å². The minimum absolute atomic E-state index is 0.00975. The molecule has 1 saturated carbocycles. The van der Waals surface area contributed by atoms with Gasteiger partial charge in [-0.2, -0.15) is 0 Å². The number of piperazine rings is 1. The minimum atomic E-state index is 0.00975. The zero-order valence-corrected chi connectivity index (χ0v) is 16.5. The number of benzene rings is 1. The first-order chi connectivity index (χ1) is 13.7. The van der Waals surface area contributed by atoms with Crippen LogP contribution in [0.15, 0.2) is 24.3 Å². The Bertz CT molecular complexity index is 688. The van der Waals surface area contributed by atoms with E-state index in [0.717, 1.165) is 32.3 Å². The van der Waals surface area contributed by atoms with Gasteiger partial charge in [0.2, 0.25) is 5.91 Å². The van der Waals surface area contributed by atoms with Crippen molar-refractivity contribution in [1.29, 1.82) is 0 Å². The highest BCUT2D eigenvalue weighted by molar-refractivity contribution is 5.94. The van der Waals surface area contributed by atoms with Crippen LogP contribution in [-0.2, 0) is 9.53 Å². The monoisotopic (exact) mass is 386 g/mol. The van der Waals surface area contributed by atoms with E-state index in [1.165, 1.54) is 12.8 Å². The van der Waals surface area contributed by atoms with Gasteiger partial charge in [0.05, 0.1) is 6.10 Å². The molecule has 1 atom stereocenters. The van der Waals surface area contributed by atoms with E-state index >= 15 is 0 Å². The molecule has 2 saturated heterocycles. The van der Waals surface area contributed by atoms with Gasteiger partial charge in [-0.1, -0.05) is 18.9 Å². The second-order valence-electron chi connectivity index (χ2n) is 8.07. The predicted molar refractivity (Wildman–Crippen MR) is 105 cm³/mol. The molecule has 0 radical (unpaired) electrons. The molecule has 1 aliphatic carbocycles. The average Bonchev–Trinajstić information content (AvgIpc) is 3.46. The third-order valence-electron chi connectivity index (χ3n) is 6.12. The quantitative estimate of drug-likeness (QED) is 0.781. The molecule has 0 N–H and O–H groups in total. The fraction of sp³-hybridized carbons (Fsp3) is 0.636. The van der Waals surface area contributed by atoms with Crippen molar-refractivity contribution in [1.82, 2.24) is 9.80 Å². The summed E-state index contributed by atoms with van der Waals surface area (Å²) in [5.41, 5.74) is 0.639. The van der Waals surface area contributed by atoms with Crippen molar-refractivity contribution in [3.05, 3.63) is 29.8 Å². The lowest BCUT2D eigenvalue weighted by Crippen LogP contribution is -2.51. The van der Waals surface area contributed by atoms with Crippen molar-refractivity contribution in [3.8, 4) is 5.75 Å². The molecule has 1 unspecified atom stereocenters. The average molecular weight is 386 g/mol. The molecule has 0 spiro atoms. The molecule has 4 rings (SSSR count). The van der Waals surface area contributed by atoms with Gasteiger partial charge in [-0.3, -0.25) is 9.59 Å². The summed E-state index contributed by atoms with van der Waals surface area (Å²) in [6, 6.07) is 7.38. The standard InChI is InChI=1S/C22H30N2O4/c25-21(17-5-1-2-6-17)23-10-12-24(13-11-23)22(26)18-7-3-8-19(15-18)28-16-20-9-4-14-27-20/h3,7-8,15,17,20H,1-2,4-6,9-14,16H2. The first-order valence-electron chi connectivity index (χ1n) is 10.6. The SMILES string of the molecule is O=C(c1cccc(OCC2CCCO2)c1)N1CCN(C(=O)C2CCCC2)CC1. The van der Waals surface area contributed by atoms with Gasteiger partial charge >= 0.3 is 0 Å². The first-order valence-corrected chi connectivity index (χ1v) is 10.6. The highest BCUT2D eigenvalue weighted by atomic mass is 16.5. The van der Waals surface area contributed by atoms with Gasteiger partial charge in [-0.05, 0) is 43.9 Å². The summed E-state index contributed by atoms with van der Waals surface area (Å²) in [6.45, 7) is 3.80.